The van der Waals surface area contributed by atoms with Gasteiger partial charge >= 0.3 is 0 Å². The van der Waals surface area contributed by atoms with Gasteiger partial charge in [-0.25, -0.2) is 0 Å². The van der Waals surface area contributed by atoms with Crippen LogP contribution in [-0.2, 0) is 0 Å². The van der Waals surface area contributed by atoms with E-state index in [1.54, 1.807) is 0 Å². The summed E-state index contributed by atoms with van der Waals surface area (Å²) < 4.78 is 0. The molecule has 5 aliphatic rings. The Morgan fingerprint density at radius 1 is 0.962 bits per heavy atom. The molecular weight excluding hydrogens is 316 g/mol. The lowest BCUT2D eigenvalue weighted by Gasteiger charge is -2.85. The van der Waals surface area contributed by atoms with Crippen LogP contribution in [0.15, 0.2) is 0 Å². The zero-order valence-corrected chi connectivity index (χ0v) is 18.0. The number of nitrogens with one attached hydrogen (secondary N) is 1. The second kappa shape index (κ2) is 5.72. The van der Waals surface area contributed by atoms with Crippen molar-refractivity contribution in [1.82, 2.24) is 10.2 Å². The molecule has 6 atom stereocenters. The molecule has 0 aromatic heterocycles. The molecule has 148 valence electrons. The van der Waals surface area contributed by atoms with Crippen LogP contribution in [0.4, 0.5) is 0 Å². The Kier molecular flexibility index (Phi) is 3.96. The molecule has 1 aliphatic heterocycles. The summed E-state index contributed by atoms with van der Waals surface area (Å²) in [6, 6.07) is 2.24. The van der Waals surface area contributed by atoms with Crippen molar-refractivity contribution in [2.24, 2.45) is 34.0 Å². The second-order valence-corrected chi connectivity index (χ2v) is 11.7. The number of nitrogens with zero attached hydrogens (tertiary/aromatic N) is 1. The van der Waals surface area contributed by atoms with Crippen molar-refractivity contribution < 1.29 is 0 Å². The molecule has 0 aromatic carbocycles. The van der Waals surface area contributed by atoms with E-state index in [9.17, 15) is 0 Å². The third-order valence-corrected chi connectivity index (χ3v) is 10.6. The minimum Gasteiger partial charge on any atom is -0.312 e. The molecule has 4 saturated carbocycles. The fourth-order valence-electron chi connectivity index (χ4n) is 9.37. The average molecular weight is 359 g/mol. The maximum Gasteiger partial charge on any atom is 0.0134 e. The van der Waals surface area contributed by atoms with Gasteiger partial charge in [0.2, 0.25) is 0 Å². The first-order chi connectivity index (χ1) is 12.3. The fourth-order valence-corrected chi connectivity index (χ4v) is 9.37. The van der Waals surface area contributed by atoms with Crippen LogP contribution in [0.5, 0.6) is 0 Å². The van der Waals surface area contributed by atoms with Gasteiger partial charge in [0, 0.05) is 24.7 Å². The summed E-state index contributed by atoms with van der Waals surface area (Å²) in [5, 5.41) is 3.79. The Labute approximate surface area is 161 Å². The first kappa shape index (κ1) is 18.0. The molecule has 0 amide bonds. The maximum atomic E-state index is 3.79. The van der Waals surface area contributed by atoms with Crippen molar-refractivity contribution in [3.05, 3.63) is 0 Å². The highest BCUT2D eigenvalue weighted by Gasteiger charge is 2.80. The maximum absolute atomic E-state index is 3.79. The van der Waals surface area contributed by atoms with Crippen LogP contribution in [0.1, 0.15) is 86.0 Å². The molecule has 5 fully saturated rings. The van der Waals surface area contributed by atoms with Crippen LogP contribution in [-0.4, -0.2) is 36.1 Å². The third-order valence-electron chi connectivity index (χ3n) is 10.6. The summed E-state index contributed by atoms with van der Waals surface area (Å²) in [6.45, 7) is 15.3. The van der Waals surface area contributed by atoms with E-state index in [0.717, 1.165) is 29.8 Å². The minimum atomic E-state index is 0.639. The summed E-state index contributed by atoms with van der Waals surface area (Å²) in [4.78, 5) is 2.97. The van der Waals surface area contributed by atoms with Gasteiger partial charge in [0.05, 0.1) is 0 Å². The molecule has 1 spiro atoms. The Morgan fingerprint density at radius 2 is 1.69 bits per heavy atom. The first-order valence-electron chi connectivity index (χ1n) is 11.8. The second-order valence-electron chi connectivity index (χ2n) is 11.7. The molecular formula is C24H42N2. The molecule has 1 N–H and O–H groups in total. The average Bonchev–Trinajstić information content (AvgIpc) is 2.99. The van der Waals surface area contributed by atoms with E-state index in [1.165, 1.54) is 64.5 Å². The van der Waals surface area contributed by atoms with Gasteiger partial charge in [0.15, 0.2) is 0 Å². The Balaban J connectivity index is 1.26. The van der Waals surface area contributed by atoms with Gasteiger partial charge < -0.3 is 5.32 Å². The molecule has 2 heteroatoms. The molecule has 0 radical (unpaired) electrons. The summed E-state index contributed by atoms with van der Waals surface area (Å²) >= 11 is 0. The van der Waals surface area contributed by atoms with Crippen molar-refractivity contribution in [3.8, 4) is 0 Å². The predicted octanol–water partition coefficient (Wildman–Crippen LogP) is 5.08. The van der Waals surface area contributed by atoms with Gasteiger partial charge in [-0.2, -0.15) is 0 Å². The van der Waals surface area contributed by atoms with E-state index in [2.05, 4.69) is 44.8 Å². The van der Waals surface area contributed by atoms with Crippen LogP contribution in [0.3, 0.4) is 0 Å². The highest BCUT2D eigenvalue weighted by atomic mass is 15.2. The van der Waals surface area contributed by atoms with Crippen LogP contribution in [0.2, 0.25) is 0 Å². The first-order valence-corrected chi connectivity index (χ1v) is 11.8. The van der Waals surface area contributed by atoms with E-state index in [-0.39, 0.29) is 0 Å². The van der Waals surface area contributed by atoms with E-state index >= 15 is 0 Å². The van der Waals surface area contributed by atoms with Crippen molar-refractivity contribution in [1.29, 1.82) is 0 Å². The quantitative estimate of drug-likeness (QED) is 0.754. The largest absolute Gasteiger partial charge is 0.312 e. The number of likely N-dealkylation sites (tertiary alicyclic amines) is 1. The lowest BCUT2D eigenvalue weighted by atomic mass is 9.20. The van der Waals surface area contributed by atoms with Gasteiger partial charge in [0.25, 0.3) is 0 Å². The number of hydrogen-bond donors (Lipinski definition) is 1. The summed E-state index contributed by atoms with van der Waals surface area (Å²) in [7, 11) is 0. The Morgan fingerprint density at radius 3 is 2.23 bits per heavy atom. The topological polar surface area (TPSA) is 15.3 Å². The smallest absolute Gasteiger partial charge is 0.0134 e. The fraction of sp³-hybridized carbons (Fsp3) is 1.00. The lowest BCUT2D eigenvalue weighted by molar-refractivity contribution is -0.367. The summed E-state index contributed by atoms with van der Waals surface area (Å²) in [6.07, 6.45) is 11.8. The highest BCUT2D eigenvalue weighted by molar-refractivity contribution is 5.29. The molecule has 26 heavy (non-hydrogen) atoms. The Hall–Kier alpha value is -0.0800. The van der Waals surface area contributed by atoms with Crippen molar-refractivity contribution >= 4 is 0 Å². The standard InChI is InChI=1S/C24H42N2/c1-16(2)25-19-6-10-23(11-7-19)12-13-26(15-23)18(4)24-17(3)14-21(24)20-8-9-22(20,24)5/h16-21,25H,6-15H2,1-5H3. The molecule has 0 aromatic rings. The molecule has 1 saturated heterocycles. The number of rotatable bonds is 4. The van der Waals surface area contributed by atoms with Crippen LogP contribution in [0.25, 0.3) is 0 Å². The van der Waals surface area contributed by atoms with Gasteiger partial charge in [-0.1, -0.05) is 27.7 Å². The molecule has 6 unspecified atom stereocenters. The van der Waals surface area contributed by atoms with Crippen molar-refractivity contribution in [2.45, 2.75) is 104 Å². The monoisotopic (exact) mass is 358 g/mol. The van der Waals surface area contributed by atoms with Gasteiger partial charge in [0.1, 0.15) is 0 Å². The van der Waals surface area contributed by atoms with E-state index in [1.807, 2.05) is 0 Å². The number of hydrogen-bond acceptors (Lipinski definition) is 2. The molecule has 0 bridgehead atoms. The lowest BCUT2D eigenvalue weighted by Crippen LogP contribution is -2.82. The zero-order chi connectivity index (χ0) is 18.3. The summed E-state index contributed by atoms with van der Waals surface area (Å²) in [5.74, 6) is 3.13. The molecule has 5 rings (SSSR count). The number of fused-ring (bicyclic) bond motifs is 4. The van der Waals surface area contributed by atoms with Crippen LogP contribution >= 0.6 is 0 Å². The third kappa shape index (κ3) is 2.07. The van der Waals surface area contributed by atoms with Crippen molar-refractivity contribution in [2.75, 3.05) is 13.1 Å². The van der Waals surface area contributed by atoms with E-state index in [4.69, 9.17) is 0 Å². The highest BCUT2D eigenvalue weighted by Crippen LogP contribution is 2.85. The molecule has 2 nitrogen and oxygen atoms in total. The normalized spacial score (nSPS) is 54.2. The van der Waals surface area contributed by atoms with Crippen LogP contribution in [0, 0.1) is 34.0 Å². The summed E-state index contributed by atoms with van der Waals surface area (Å²) in [5.41, 5.74) is 2.04. The molecule has 1 heterocycles. The van der Waals surface area contributed by atoms with Crippen molar-refractivity contribution in [3.63, 3.8) is 0 Å². The van der Waals surface area contributed by atoms with Gasteiger partial charge in [-0.05, 0) is 98.8 Å². The predicted molar refractivity (Wildman–Crippen MR) is 109 cm³/mol. The van der Waals surface area contributed by atoms with E-state index < -0.39 is 0 Å². The Bertz CT molecular complexity index is 563. The van der Waals surface area contributed by atoms with Gasteiger partial charge in [-0.3, -0.25) is 4.90 Å². The SMILES string of the molecule is CC(C)NC1CCC2(CC1)CCN(C(C)C13C(C)CC1C1CCC13C)C2. The van der Waals surface area contributed by atoms with Crippen LogP contribution < -0.4 is 5.32 Å². The van der Waals surface area contributed by atoms with E-state index in [0.29, 0.717) is 22.3 Å². The molecule has 4 aliphatic carbocycles. The minimum absolute atomic E-state index is 0.639. The van der Waals surface area contributed by atoms with Gasteiger partial charge in [-0.15, -0.1) is 0 Å². The zero-order valence-electron chi connectivity index (χ0n) is 18.0.